The van der Waals surface area contributed by atoms with Gasteiger partial charge >= 0.3 is 0 Å². The number of rotatable bonds is 5. The Morgan fingerprint density at radius 2 is 2.17 bits per heavy atom. The van der Waals surface area contributed by atoms with Crippen LogP contribution in [0.25, 0.3) is 0 Å². The Labute approximate surface area is 171 Å². The average Bonchev–Trinajstić information content (AvgIpc) is 3.18. The molecule has 0 unspecified atom stereocenters. The summed E-state index contributed by atoms with van der Waals surface area (Å²) in [5, 5.41) is 10.2. The van der Waals surface area contributed by atoms with E-state index in [0.29, 0.717) is 22.4 Å². The van der Waals surface area contributed by atoms with Gasteiger partial charge in [0, 0.05) is 10.7 Å². The first-order valence-corrected chi connectivity index (χ1v) is 9.36. The predicted octanol–water partition coefficient (Wildman–Crippen LogP) is 3.19. The number of anilines is 2. The fourth-order valence-electron chi connectivity index (χ4n) is 3.15. The molecule has 2 aromatic carbocycles. The van der Waals surface area contributed by atoms with Crippen LogP contribution in [0, 0.1) is 6.92 Å². The van der Waals surface area contributed by atoms with E-state index >= 15 is 0 Å². The minimum Gasteiger partial charge on any atom is -0.484 e. The Kier molecular flexibility index (Phi) is 5.18. The van der Waals surface area contributed by atoms with Gasteiger partial charge in [0.25, 0.3) is 5.91 Å². The molecule has 3 aromatic rings. The van der Waals surface area contributed by atoms with E-state index in [-0.39, 0.29) is 30.9 Å². The van der Waals surface area contributed by atoms with E-state index in [1.807, 2.05) is 19.1 Å². The molecule has 4 rings (SSSR count). The molecule has 1 atom stereocenters. The summed E-state index contributed by atoms with van der Waals surface area (Å²) in [7, 11) is 0. The molecule has 0 aliphatic carbocycles. The molecule has 0 radical (unpaired) electrons. The van der Waals surface area contributed by atoms with Crippen LogP contribution >= 0.6 is 11.6 Å². The van der Waals surface area contributed by atoms with Crippen LogP contribution in [-0.4, -0.2) is 33.2 Å². The first kappa shape index (κ1) is 18.9. The van der Waals surface area contributed by atoms with Gasteiger partial charge in [0.2, 0.25) is 11.9 Å². The maximum atomic E-state index is 12.3. The number of carbonyl (C=O) groups is 2. The minimum absolute atomic E-state index is 0.127. The molecule has 8 nitrogen and oxygen atoms in total. The first-order valence-electron chi connectivity index (χ1n) is 8.98. The third-order valence-corrected chi connectivity index (χ3v) is 5.06. The zero-order valence-electron chi connectivity index (χ0n) is 15.6. The lowest BCUT2D eigenvalue weighted by Gasteiger charge is -2.24. The van der Waals surface area contributed by atoms with Crippen LogP contribution in [0.15, 0.2) is 48.8 Å². The van der Waals surface area contributed by atoms with Gasteiger partial charge in [-0.3, -0.25) is 14.9 Å². The van der Waals surface area contributed by atoms with Gasteiger partial charge in [-0.15, -0.1) is 0 Å². The summed E-state index contributed by atoms with van der Waals surface area (Å²) in [4.78, 5) is 28.2. The lowest BCUT2D eigenvalue weighted by atomic mass is 10.0. The van der Waals surface area contributed by atoms with E-state index < -0.39 is 0 Å². The van der Waals surface area contributed by atoms with Crippen molar-refractivity contribution in [3.05, 3.63) is 64.9 Å². The number of amides is 2. The van der Waals surface area contributed by atoms with E-state index in [1.54, 1.807) is 35.0 Å². The van der Waals surface area contributed by atoms with Crippen molar-refractivity contribution in [2.24, 2.45) is 0 Å². The van der Waals surface area contributed by atoms with Crippen molar-refractivity contribution >= 4 is 35.1 Å². The summed E-state index contributed by atoms with van der Waals surface area (Å²) < 4.78 is 7.31. The SMILES string of the molecule is Cc1c(Cl)cccc1NC(=O)COc1cccc([C@H]2CC(=O)Nc3ncnn32)c1. The standard InChI is InChI=1S/C20H18ClN5O3/c1-12-15(21)6-3-7-16(12)24-19(28)10-29-14-5-2-4-13(8-14)17-9-18(27)25-20-22-11-23-26(17)20/h2-8,11,17H,9-10H2,1H3,(H,24,28)(H,22,23,25,27)/t17-/m1/s1. The minimum atomic E-state index is -0.295. The highest BCUT2D eigenvalue weighted by Crippen LogP contribution is 2.30. The van der Waals surface area contributed by atoms with Crippen LogP contribution in [-0.2, 0) is 9.59 Å². The summed E-state index contributed by atoms with van der Waals surface area (Å²) in [6.45, 7) is 1.68. The quantitative estimate of drug-likeness (QED) is 0.671. The molecule has 2 heterocycles. The van der Waals surface area contributed by atoms with Gasteiger partial charge in [-0.1, -0.05) is 29.8 Å². The maximum absolute atomic E-state index is 12.3. The van der Waals surface area contributed by atoms with E-state index in [2.05, 4.69) is 20.7 Å². The van der Waals surface area contributed by atoms with Crippen LogP contribution in [0.2, 0.25) is 5.02 Å². The third-order valence-electron chi connectivity index (χ3n) is 4.65. The van der Waals surface area contributed by atoms with Crippen LogP contribution in [0.4, 0.5) is 11.6 Å². The molecular weight excluding hydrogens is 394 g/mol. The molecule has 0 spiro atoms. The smallest absolute Gasteiger partial charge is 0.262 e. The Morgan fingerprint density at radius 3 is 3.03 bits per heavy atom. The zero-order valence-corrected chi connectivity index (χ0v) is 16.3. The number of carbonyl (C=O) groups excluding carboxylic acids is 2. The van der Waals surface area contributed by atoms with Crippen molar-refractivity contribution in [3.63, 3.8) is 0 Å². The van der Waals surface area contributed by atoms with Gasteiger partial charge < -0.3 is 10.1 Å². The molecule has 0 bridgehead atoms. The highest BCUT2D eigenvalue weighted by atomic mass is 35.5. The number of benzene rings is 2. The van der Waals surface area contributed by atoms with Gasteiger partial charge in [0.1, 0.15) is 12.1 Å². The monoisotopic (exact) mass is 411 g/mol. The predicted molar refractivity (Wildman–Crippen MR) is 108 cm³/mol. The summed E-state index contributed by atoms with van der Waals surface area (Å²) in [5.74, 6) is 0.511. The van der Waals surface area contributed by atoms with Crippen molar-refractivity contribution < 1.29 is 14.3 Å². The molecular formula is C20H18ClN5O3. The number of aromatic nitrogens is 3. The molecule has 29 heavy (non-hydrogen) atoms. The number of nitrogens with one attached hydrogen (secondary N) is 2. The molecule has 0 saturated heterocycles. The molecule has 1 aliphatic heterocycles. The number of fused-ring (bicyclic) bond motifs is 1. The Morgan fingerprint density at radius 1 is 1.34 bits per heavy atom. The molecule has 1 aromatic heterocycles. The molecule has 2 amide bonds. The van der Waals surface area contributed by atoms with E-state index in [9.17, 15) is 9.59 Å². The number of ether oxygens (including phenoxy) is 1. The van der Waals surface area contributed by atoms with Gasteiger partial charge in [-0.05, 0) is 42.3 Å². The maximum Gasteiger partial charge on any atom is 0.262 e. The fourth-order valence-corrected chi connectivity index (χ4v) is 3.33. The summed E-state index contributed by atoms with van der Waals surface area (Å²) >= 11 is 6.08. The highest BCUT2D eigenvalue weighted by molar-refractivity contribution is 6.31. The van der Waals surface area contributed by atoms with Crippen LogP contribution < -0.4 is 15.4 Å². The second-order valence-electron chi connectivity index (χ2n) is 6.62. The second-order valence-corrected chi connectivity index (χ2v) is 7.03. The van der Waals surface area contributed by atoms with Crippen molar-refractivity contribution in [3.8, 4) is 5.75 Å². The summed E-state index contributed by atoms with van der Waals surface area (Å²) in [6, 6.07) is 12.3. The van der Waals surface area contributed by atoms with Gasteiger partial charge in [-0.2, -0.15) is 10.1 Å². The largest absolute Gasteiger partial charge is 0.484 e. The Bertz CT molecular complexity index is 1080. The van der Waals surface area contributed by atoms with Gasteiger partial charge in [-0.25, -0.2) is 4.68 Å². The Balaban J connectivity index is 1.44. The fraction of sp³-hybridized carbons (Fsp3) is 0.200. The normalized spacial score (nSPS) is 15.4. The van der Waals surface area contributed by atoms with Crippen LogP contribution in [0.3, 0.4) is 0 Å². The first-order chi connectivity index (χ1) is 14.0. The second kappa shape index (κ2) is 7.92. The zero-order chi connectivity index (χ0) is 20.4. The molecule has 9 heteroatoms. The lowest BCUT2D eigenvalue weighted by Crippen LogP contribution is -2.29. The van der Waals surface area contributed by atoms with E-state index in [0.717, 1.165) is 11.1 Å². The number of nitrogens with zero attached hydrogens (tertiary/aromatic N) is 3. The molecule has 1 aliphatic rings. The van der Waals surface area contributed by atoms with Crippen LogP contribution in [0.1, 0.15) is 23.6 Å². The van der Waals surface area contributed by atoms with E-state index in [1.165, 1.54) is 6.33 Å². The van der Waals surface area contributed by atoms with E-state index in [4.69, 9.17) is 16.3 Å². The van der Waals surface area contributed by atoms with Gasteiger partial charge in [0.05, 0.1) is 12.5 Å². The van der Waals surface area contributed by atoms with Crippen LogP contribution in [0.5, 0.6) is 5.75 Å². The topological polar surface area (TPSA) is 98.1 Å². The molecule has 2 N–H and O–H groups in total. The highest BCUT2D eigenvalue weighted by Gasteiger charge is 2.27. The summed E-state index contributed by atoms with van der Waals surface area (Å²) in [6.07, 6.45) is 1.64. The summed E-state index contributed by atoms with van der Waals surface area (Å²) in [5.41, 5.74) is 2.28. The lowest BCUT2D eigenvalue weighted by molar-refractivity contribution is -0.118. The molecule has 0 saturated carbocycles. The third kappa shape index (κ3) is 4.07. The number of hydrogen-bond donors (Lipinski definition) is 2. The molecule has 0 fully saturated rings. The number of halogens is 1. The Hall–Kier alpha value is -3.39. The molecule has 148 valence electrons. The number of hydrogen-bond acceptors (Lipinski definition) is 5. The van der Waals surface area contributed by atoms with Crippen molar-refractivity contribution in [1.29, 1.82) is 0 Å². The van der Waals surface area contributed by atoms with Crippen molar-refractivity contribution in [2.45, 2.75) is 19.4 Å². The van der Waals surface area contributed by atoms with Crippen molar-refractivity contribution in [1.82, 2.24) is 14.8 Å². The van der Waals surface area contributed by atoms with Gasteiger partial charge in [0.15, 0.2) is 6.61 Å². The average molecular weight is 412 g/mol. The van der Waals surface area contributed by atoms with Crippen molar-refractivity contribution in [2.75, 3.05) is 17.2 Å².